The second-order valence-electron chi connectivity index (χ2n) is 4.58. The summed E-state index contributed by atoms with van der Waals surface area (Å²) >= 11 is 0. The van der Waals surface area contributed by atoms with Gasteiger partial charge in [-0.1, -0.05) is 6.92 Å². The summed E-state index contributed by atoms with van der Waals surface area (Å²) in [7, 11) is 0. The monoisotopic (exact) mass is 266 g/mol. The topological polar surface area (TPSA) is 58.9 Å². The summed E-state index contributed by atoms with van der Waals surface area (Å²) in [5.74, 6) is 0.614. The molecule has 1 aromatic heterocycles. The second-order valence-corrected chi connectivity index (χ2v) is 4.58. The lowest BCUT2D eigenvalue weighted by Gasteiger charge is -2.07. The van der Waals surface area contributed by atoms with Crippen molar-refractivity contribution in [1.29, 1.82) is 0 Å². The minimum atomic E-state index is 0. The Morgan fingerprint density at radius 2 is 2.17 bits per heavy atom. The van der Waals surface area contributed by atoms with Crippen LogP contribution >= 0.6 is 12.4 Å². The Bertz CT molecular complexity index is 521. The van der Waals surface area contributed by atoms with Crippen molar-refractivity contribution >= 4 is 29.1 Å². The Morgan fingerprint density at radius 3 is 2.89 bits per heavy atom. The first-order chi connectivity index (χ1) is 8.20. The number of nitrogens with one attached hydrogen (secondary N) is 1. The number of rotatable bonds is 5. The Labute approximate surface area is 113 Å². The maximum atomic E-state index is 12.0. The molecule has 18 heavy (non-hydrogen) atoms. The highest BCUT2D eigenvalue weighted by Gasteiger charge is 2.09. The van der Waals surface area contributed by atoms with E-state index < -0.39 is 0 Å². The Kier molecular flexibility index (Phi) is 5.38. The van der Waals surface area contributed by atoms with E-state index in [4.69, 9.17) is 5.73 Å². The minimum Gasteiger partial charge on any atom is -0.361 e. The third-order valence-electron chi connectivity index (χ3n) is 3.14. The summed E-state index contributed by atoms with van der Waals surface area (Å²) in [6.07, 6.45) is 3.32. The molecule has 1 heterocycles. The standard InChI is InChI=1S/C14H18N2O.ClH/c1-10(9-15)2-5-14(17)12-3-4-13-11(8-12)6-7-16-13;/h3-4,6-8,10,16H,2,5,9,15H2,1H3;1H. The fraction of sp³-hybridized carbons (Fsp3) is 0.357. The average molecular weight is 267 g/mol. The van der Waals surface area contributed by atoms with Crippen molar-refractivity contribution in [1.82, 2.24) is 4.98 Å². The molecule has 98 valence electrons. The van der Waals surface area contributed by atoms with Crippen molar-refractivity contribution in [3.05, 3.63) is 36.0 Å². The first-order valence-electron chi connectivity index (χ1n) is 6.01. The highest BCUT2D eigenvalue weighted by atomic mass is 35.5. The van der Waals surface area contributed by atoms with Gasteiger partial charge in [-0.3, -0.25) is 4.79 Å². The van der Waals surface area contributed by atoms with E-state index in [9.17, 15) is 4.79 Å². The van der Waals surface area contributed by atoms with Crippen LogP contribution in [0.25, 0.3) is 10.9 Å². The third-order valence-corrected chi connectivity index (χ3v) is 3.14. The van der Waals surface area contributed by atoms with Gasteiger partial charge in [0, 0.05) is 29.1 Å². The molecule has 2 rings (SSSR count). The number of hydrogen-bond donors (Lipinski definition) is 2. The molecule has 1 atom stereocenters. The predicted molar refractivity (Wildman–Crippen MR) is 77.3 cm³/mol. The van der Waals surface area contributed by atoms with Gasteiger partial charge >= 0.3 is 0 Å². The van der Waals surface area contributed by atoms with Crippen LogP contribution in [0.4, 0.5) is 0 Å². The number of carbonyl (C=O) groups is 1. The van der Waals surface area contributed by atoms with Crippen LogP contribution < -0.4 is 5.73 Å². The van der Waals surface area contributed by atoms with E-state index in [-0.39, 0.29) is 18.2 Å². The zero-order chi connectivity index (χ0) is 12.3. The number of carbonyl (C=O) groups excluding carboxylic acids is 1. The van der Waals surface area contributed by atoms with Crippen molar-refractivity contribution in [2.45, 2.75) is 19.8 Å². The summed E-state index contributed by atoms with van der Waals surface area (Å²) in [6, 6.07) is 7.76. The molecule has 3 N–H and O–H groups in total. The molecule has 0 spiro atoms. The minimum absolute atomic E-state index is 0. The largest absolute Gasteiger partial charge is 0.361 e. The quantitative estimate of drug-likeness (QED) is 0.817. The lowest BCUT2D eigenvalue weighted by atomic mass is 9.99. The molecule has 2 aromatic rings. The average Bonchev–Trinajstić information content (AvgIpc) is 2.82. The number of fused-ring (bicyclic) bond motifs is 1. The molecule has 3 nitrogen and oxygen atoms in total. The van der Waals surface area contributed by atoms with E-state index >= 15 is 0 Å². The molecular formula is C14H19ClN2O. The van der Waals surface area contributed by atoms with Gasteiger partial charge in [0.2, 0.25) is 0 Å². The number of benzene rings is 1. The summed E-state index contributed by atoms with van der Waals surface area (Å²) in [5, 5.41) is 1.09. The van der Waals surface area contributed by atoms with Gasteiger partial charge in [-0.05, 0) is 43.1 Å². The molecule has 0 fully saturated rings. The number of aromatic amines is 1. The molecule has 0 aliphatic rings. The number of aromatic nitrogens is 1. The van der Waals surface area contributed by atoms with Crippen LogP contribution in [0.1, 0.15) is 30.1 Å². The Morgan fingerprint density at radius 1 is 1.39 bits per heavy atom. The lowest BCUT2D eigenvalue weighted by Crippen LogP contribution is -2.12. The normalized spacial score (nSPS) is 12.1. The highest BCUT2D eigenvalue weighted by Crippen LogP contribution is 2.16. The highest BCUT2D eigenvalue weighted by molar-refractivity contribution is 5.99. The number of hydrogen-bond acceptors (Lipinski definition) is 2. The summed E-state index contributed by atoms with van der Waals surface area (Å²) in [4.78, 5) is 15.1. The third kappa shape index (κ3) is 3.34. The van der Waals surface area contributed by atoms with Gasteiger partial charge in [-0.15, -0.1) is 12.4 Å². The van der Waals surface area contributed by atoms with Crippen LogP contribution in [0.5, 0.6) is 0 Å². The zero-order valence-electron chi connectivity index (χ0n) is 10.5. The summed E-state index contributed by atoms with van der Waals surface area (Å²) in [6.45, 7) is 2.72. The smallest absolute Gasteiger partial charge is 0.162 e. The molecule has 0 saturated carbocycles. The van der Waals surface area contributed by atoms with Gasteiger partial charge < -0.3 is 10.7 Å². The first-order valence-corrected chi connectivity index (χ1v) is 6.01. The van der Waals surface area contributed by atoms with E-state index in [1.54, 1.807) is 0 Å². The van der Waals surface area contributed by atoms with Crippen LogP contribution in [-0.2, 0) is 0 Å². The Balaban J connectivity index is 0.00000162. The van der Waals surface area contributed by atoms with Crippen molar-refractivity contribution < 1.29 is 4.79 Å². The second kappa shape index (κ2) is 6.57. The lowest BCUT2D eigenvalue weighted by molar-refractivity contribution is 0.0975. The van der Waals surface area contributed by atoms with Crippen molar-refractivity contribution in [3.8, 4) is 0 Å². The van der Waals surface area contributed by atoms with Gasteiger partial charge in [-0.25, -0.2) is 0 Å². The van der Waals surface area contributed by atoms with E-state index in [0.717, 1.165) is 22.9 Å². The number of ketones is 1. The van der Waals surface area contributed by atoms with Crippen LogP contribution in [0, 0.1) is 5.92 Å². The van der Waals surface area contributed by atoms with Gasteiger partial charge in [0.15, 0.2) is 5.78 Å². The van der Waals surface area contributed by atoms with Crippen molar-refractivity contribution in [2.24, 2.45) is 11.7 Å². The van der Waals surface area contributed by atoms with Gasteiger partial charge in [-0.2, -0.15) is 0 Å². The molecule has 0 aliphatic heterocycles. The molecule has 0 bridgehead atoms. The van der Waals surface area contributed by atoms with Gasteiger partial charge in [0.1, 0.15) is 0 Å². The fourth-order valence-corrected chi connectivity index (χ4v) is 1.87. The summed E-state index contributed by atoms with van der Waals surface area (Å²) in [5.41, 5.74) is 7.40. The molecule has 1 aromatic carbocycles. The van der Waals surface area contributed by atoms with Gasteiger partial charge in [0.05, 0.1) is 0 Å². The van der Waals surface area contributed by atoms with Crippen LogP contribution in [0.2, 0.25) is 0 Å². The van der Waals surface area contributed by atoms with Gasteiger partial charge in [0.25, 0.3) is 0 Å². The molecule has 1 unspecified atom stereocenters. The molecule has 0 saturated heterocycles. The molecule has 0 amide bonds. The van der Waals surface area contributed by atoms with Crippen molar-refractivity contribution in [2.75, 3.05) is 6.54 Å². The Hall–Kier alpha value is -1.32. The maximum Gasteiger partial charge on any atom is 0.162 e. The molecule has 4 heteroatoms. The number of H-pyrrole nitrogens is 1. The van der Waals surface area contributed by atoms with E-state index in [2.05, 4.69) is 11.9 Å². The van der Waals surface area contributed by atoms with E-state index in [0.29, 0.717) is 18.9 Å². The SMILES string of the molecule is CC(CN)CCC(=O)c1ccc2[nH]ccc2c1.Cl. The maximum absolute atomic E-state index is 12.0. The predicted octanol–water partition coefficient (Wildman–Crippen LogP) is 3.15. The fourth-order valence-electron chi connectivity index (χ4n) is 1.87. The van der Waals surface area contributed by atoms with E-state index in [1.807, 2.05) is 30.5 Å². The van der Waals surface area contributed by atoms with Crippen LogP contribution in [0.15, 0.2) is 30.5 Å². The number of Topliss-reactive ketones (excluding diaryl/α,β-unsaturated/α-hetero) is 1. The molecular weight excluding hydrogens is 248 g/mol. The van der Waals surface area contributed by atoms with Crippen LogP contribution in [0.3, 0.4) is 0 Å². The number of nitrogens with two attached hydrogens (primary N) is 1. The summed E-state index contributed by atoms with van der Waals surface area (Å²) < 4.78 is 0. The molecule has 0 radical (unpaired) electrons. The van der Waals surface area contributed by atoms with Crippen LogP contribution in [-0.4, -0.2) is 17.3 Å². The van der Waals surface area contributed by atoms with Crippen molar-refractivity contribution in [3.63, 3.8) is 0 Å². The zero-order valence-corrected chi connectivity index (χ0v) is 11.3. The first kappa shape index (κ1) is 14.7. The van der Waals surface area contributed by atoms with E-state index in [1.165, 1.54) is 0 Å². The number of halogens is 1. The molecule has 0 aliphatic carbocycles.